The first-order valence-electron chi connectivity index (χ1n) is 8.61. The van der Waals surface area contributed by atoms with E-state index in [1.165, 1.54) is 25.3 Å². The third kappa shape index (κ3) is 4.14. The van der Waals surface area contributed by atoms with Gasteiger partial charge < -0.3 is 14.6 Å². The number of carbonyl (C=O) groups excluding carboxylic acids is 2. The number of ether oxygens (including phenoxy) is 2. The number of aliphatic hydroxyl groups excluding tert-OH is 1. The molecule has 29 heavy (non-hydrogen) atoms. The summed E-state index contributed by atoms with van der Waals surface area (Å²) < 4.78 is 24.5. The molecule has 0 unspecified atom stereocenters. The van der Waals surface area contributed by atoms with Gasteiger partial charge in [0.05, 0.1) is 31.2 Å². The van der Waals surface area contributed by atoms with Crippen LogP contribution in [0.3, 0.4) is 0 Å². The Kier molecular flexibility index (Phi) is 5.99. The van der Waals surface area contributed by atoms with E-state index in [9.17, 15) is 18.8 Å². The van der Waals surface area contributed by atoms with Crippen molar-refractivity contribution in [2.45, 2.75) is 6.54 Å². The third-order valence-electron chi connectivity index (χ3n) is 4.17. The molecule has 0 atom stereocenters. The number of esters is 1. The van der Waals surface area contributed by atoms with Gasteiger partial charge in [0.25, 0.3) is 5.56 Å². The van der Waals surface area contributed by atoms with E-state index in [0.717, 1.165) is 16.8 Å². The van der Waals surface area contributed by atoms with Crippen LogP contribution in [0.25, 0.3) is 10.8 Å². The van der Waals surface area contributed by atoms with Gasteiger partial charge in [0.15, 0.2) is 12.3 Å². The second kappa shape index (κ2) is 8.61. The second-order valence-corrected chi connectivity index (χ2v) is 5.99. The van der Waals surface area contributed by atoms with E-state index >= 15 is 0 Å². The quantitative estimate of drug-likeness (QED) is 0.474. The minimum atomic E-state index is -0.934. The Hall–Kier alpha value is -3.59. The third-order valence-corrected chi connectivity index (χ3v) is 4.17. The minimum absolute atomic E-state index is 0.0663. The van der Waals surface area contributed by atoms with Crippen LogP contribution in [0, 0.1) is 5.82 Å². The van der Waals surface area contributed by atoms with Crippen LogP contribution < -0.4 is 10.3 Å². The van der Waals surface area contributed by atoms with Crippen molar-refractivity contribution in [2.75, 3.05) is 20.3 Å². The van der Waals surface area contributed by atoms with E-state index < -0.39 is 29.7 Å². The topological polar surface area (TPSA) is 108 Å². The lowest BCUT2D eigenvalue weighted by Gasteiger charge is -2.11. The maximum Gasteiger partial charge on any atom is 0.359 e. The van der Waals surface area contributed by atoms with E-state index in [1.54, 1.807) is 12.1 Å². The van der Waals surface area contributed by atoms with Crippen molar-refractivity contribution in [2.24, 2.45) is 0 Å². The molecule has 1 aromatic heterocycles. The van der Waals surface area contributed by atoms with Crippen LogP contribution in [0.5, 0.6) is 5.75 Å². The van der Waals surface area contributed by atoms with Gasteiger partial charge in [-0.3, -0.25) is 9.59 Å². The molecule has 150 valence electrons. The number of aliphatic hydroxyl groups is 1. The molecule has 0 bridgehead atoms. The second-order valence-electron chi connectivity index (χ2n) is 5.99. The predicted octanol–water partition coefficient (Wildman–Crippen LogP) is 1.58. The maximum absolute atomic E-state index is 13.5. The molecule has 9 heteroatoms. The smallest absolute Gasteiger partial charge is 0.359 e. The Morgan fingerprint density at radius 3 is 2.59 bits per heavy atom. The number of methoxy groups -OCH3 is 1. The van der Waals surface area contributed by atoms with Gasteiger partial charge in [-0.25, -0.2) is 13.9 Å². The van der Waals surface area contributed by atoms with Crippen molar-refractivity contribution >= 4 is 22.5 Å². The summed E-state index contributed by atoms with van der Waals surface area (Å²) in [5.41, 5.74) is -0.706. The monoisotopic (exact) mass is 400 g/mol. The summed E-state index contributed by atoms with van der Waals surface area (Å²) in [6.45, 7) is -1.13. The number of nitrogens with zero attached hydrogens (tertiary/aromatic N) is 2. The first-order chi connectivity index (χ1) is 14.0. The zero-order valence-electron chi connectivity index (χ0n) is 15.4. The number of benzene rings is 2. The first kappa shape index (κ1) is 20.2. The lowest BCUT2D eigenvalue weighted by molar-refractivity contribution is 0.0467. The molecular formula is C20H17FN2O6. The summed E-state index contributed by atoms with van der Waals surface area (Å²) in [6, 6.07) is 9.73. The zero-order valence-corrected chi connectivity index (χ0v) is 15.4. The fraction of sp³-hybridized carbons (Fsp3) is 0.200. The Morgan fingerprint density at radius 2 is 1.90 bits per heavy atom. The number of fused-ring (bicyclic) bond motifs is 1. The van der Waals surface area contributed by atoms with Crippen LogP contribution >= 0.6 is 0 Å². The lowest BCUT2D eigenvalue weighted by Crippen LogP contribution is -2.28. The van der Waals surface area contributed by atoms with E-state index in [-0.39, 0.29) is 40.9 Å². The number of ketones is 1. The van der Waals surface area contributed by atoms with Gasteiger partial charge in [-0.1, -0.05) is 18.2 Å². The maximum atomic E-state index is 13.5. The summed E-state index contributed by atoms with van der Waals surface area (Å²) in [6.07, 6.45) is 0. The van der Waals surface area contributed by atoms with Gasteiger partial charge in [0, 0.05) is 5.39 Å². The number of hydrogen-bond acceptors (Lipinski definition) is 7. The Bertz CT molecular complexity index is 1140. The Morgan fingerprint density at radius 1 is 1.17 bits per heavy atom. The molecule has 1 heterocycles. The summed E-state index contributed by atoms with van der Waals surface area (Å²) in [5, 5.41) is 13.6. The number of halogens is 1. The highest BCUT2D eigenvalue weighted by atomic mass is 19.1. The van der Waals surface area contributed by atoms with Gasteiger partial charge in [-0.2, -0.15) is 5.10 Å². The molecule has 3 rings (SSSR count). The highest BCUT2D eigenvalue weighted by molar-refractivity contribution is 6.04. The molecule has 0 aliphatic rings. The number of rotatable bonds is 7. The predicted molar refractivity (Wildman–Crippen MR) is 101 cm³/mol. The fourth-order valence-corrected chi connectivity index (χ4v) is 2.81. The van der Waals surface area contributed by atoms with Crippen molar-refractivity contribution in [3.05, 3.63) is 69.9 Å². The fourth-order valence-electron chi connectivity index (χ4n) is 2.81. The summed E-state index contributed by atoms with van der Waals surface area (Å²) in [7, 11) is 1.33. The lowest BCUT2D eigenvalue weighted by atomic mass is 10.1. The van der Waals surface area contributed by atoms with E-state index in [2.05, 4.69) is 5.10 Å². The van der Waals surface area contributed by atoms with E-state index in [4.69, 9.17) is 14.6 Å². The number of aromatic nitrogens is 2. The van der Waals surface area contributed by atoms with Crippen molar-refractivity contribution in [3.8, 4) is 5.75 Å². The highest BCUT2D eigenvalue weighted by Gasteiger charge is 2.20. The highest BCUT2D eigenvalue weighted by Crippen LogP contribution is 2.20. The van der Waals surface area contributed by atoms with Crippen LogP contribution in [0.15, 0.2) is 47.3 Å². The van der Waals surface area contributed by atoms with E-state index in [0.29, 0.717) is 0 Å². The van der Waals surface area contributed by atoms with Crippen LogP contribution in [0.2, 0.25) is 0 Å². The van der Waals surface area contributed by atoms with Gasteiger partial charge in [-0.05, 0) is 24.3 Å². The number of carbonyl (C=O) groups is 2. The van der Waals surface area contributed by atoms with E-state index in [1.807, 2.05) is 0 Å². The van der Waals surface area contributed by atoms with Crippen molar-refractivity contribution < 1.29 is 28.6 Å². The molecule has 0 aliphatic heterocycles. The summed E-state index contributed by atoms with van der Waals surface area (Å²) in [4.78, 5) is 37.3. The SMILES string of the molecule is COc1ccc(F)cc1C(=O)COC(=O)c1nn(CCO)c(=O)c2ccccc12. The molecule has 3 aromatic rings. The summed E-state index contributed by atoms with van der Waals surface area (Å²) in [5.74, 6) is -2.09. The van der Waals surface area contributed by atoms with Crippen LogP contribution in [0.4, 0.5) is 4.39 Å². The van der Waals surface area contributed by atoms with Crippen LogP contribution in [0.1, 0.15) is 20.8 Å². The van der Waals surface area contributed by atoms with Crippen molar-refractivity contribution in [3.63, 3.8) is 0 Å². The molecule has 0 fully saturated rings. The number of Topliss-reactive ketones (excluding diaryl/α,β-unsaturated/α-hetero) is 1. The normalized spacial score (nSPS) is 10.7. The molecule has 0 spiro atoms. The molecule has 0 amide bonds. The average Bonchev–Trinajstić information content (AvgIpc) is 2.74. The first-order valence-corrected chi connectivity index (χ1v) is 8.61. The van der Waals surface area contributed by atoms with Crippen molar-refractivity contribution in [1.82, 2.24) is 9.78 Å². The van der Waals surface area contributed by atoms with Gasteiger partial charge in [0.2, 0.25) is 5.78 Å². The average molecular weight is 400 g/mol. The largest absolute Gasteiger partial charge is 0.496 e. The zero-order chi connectivity index (χ0) is 21.0. The molecule has 0 aliphatic carbocycles. The van der Waals surface area contributed by atoms with Crippen LogP contribution in [-0.4, -0.2) is 47.0 Å². The van der Waals surface area contributed by atoms with Gasteiger partial charge >= 0.3 is 5.97 Å². The molecule has 0 saturated heterocycles. The standard InChI is InChI=1S/C20H17FN2O6/c1-28-17-7-6-12(21)10-15(17)16(25)11-29-20(27)18-13-4-2-3-5-14(13)19(26)23(22-18)8-9-24/h2-7,10,24H,8-9,11H2,1H3. The molecule has 8 nitrogen and oxygen atoms in total. The summed E-state index contributed by atoms with van der Waals surface area (Å²) >= 11 is 0. The van der Waals surface area contributed by atoms with Gasteiger partial charge in [0.1, 0.15) is 11.6 Å². The Labute approximate surface area is 164 Å². The number of hydrogen-bond donors (Lipinski definition) is 1. The molecule has 0 radical (unpaired) electrons. The molecule has 0 saturated carbocycles. The van der Waals surface area contributed by atoms with Gasteiger partial charge in [-0.15, -0.1) is 0 Å². The molecular weight excluding hydrogens is 383 g/mol. The minimum Gasteiger partial charge on any atom is -0.496 e. The molecule has 2 aromatic carbocycles. The Balaban J connectivity index is 1.89. The van der Waals surface area contributed by atoms with Crippen molar-refractivity contribution in [1.29, 1.82) is 0 Å². The van der Waals surface area contributed by atoms with Crippen LogP contribution in [-0.2, 0) is 11.3 Å². The molecule has 1 N–H and O–H groups in total.